The lowest BCUT2D eigenvalue weighted by atomic mass is 10.2. The zero-order valence-electron chi connectivity index (χ0n) is 12.1. The predicted molar refractivity (Wildman–Crippen MR) is 81.6 cm³/mol. The van der Waals surface area contributed by atoms with Gasteiger partial charge in [-0.3, -0.25) is 0 Å². The molecule has 1 aliphatic rings. The molecule has 0 spiro atoms. The SMILES string of the molecule is COc1ccccc1CNc1nncc(N2CCCC2)n1. The molecule has 1 N–H and O–H groups in total. The van der Waals surface area contributed by atoms with Crippen LogP contribution in [0.15, 0.2) is 30.5 Å². The first kappa shape index (κ1) is 13.6. The fourth-order valence-electron chi connectivity index (χ4n) is 2.49. The van der Waals surface area contributed by atoms with Gasteiger partial charge in [0, 0.05) is 25.2 Å². The second-order valence-corrected chi connectivity index (χ2v) is 5.00. The first-order valence-electron chi connectivity index (χ1n) is 7.17. The zero-order valence-corrected chi connectivity index (χ0v) is 12.1. The van der Waals surface area contributed by atoms with Gasteiger partial charge < -0.3 is 15.0 Å². The van der Waals surface area contributed by atoms with E-state index < -0.39 is 0 Å². The number of benzene rings is 1. The quantitative estimate of drug-likeness (QED) is 0.907. The lowest BCUT2D eigenvalue weighted by Crippen LogP contribution is -2.20. The van der Waals surface area contributed by atoms with E-state index >= 15 is 0 Å². The summed E-state index contributed by atoms with van der Waals surface area (Å²) in [5.41, 5.74) is 1.06. The molecule has 110 valence electrons. The number of anilines is 2. The number of aromatic nitrogens is 3. The van der Waals surface area contributed by atoms with Gasteiger partial charge in [-0.1, -0.05) is 18.2 Å². The number of methoxy groups -OCH3 is 1. The van der Waals surface area contributed by atoms with Gasteiger partial charge in [0.25, 0.3) is 0 Å². The maximum atomic E-state index is 5.33. The average Bonchev–Trinajstić information content (AvgIpc) is 3.08. The molecule has 0 atom stereocenters. The highest BCUT2D eigenvalue weighted by molar-refractivity contribution is 5.42. The van der Waals surface area contributed by atoms with E-state index in [1.54, 1.807) is 13.3 Å². The Labute approximate surface area is 124 Å². The Kier molecular flexibility index (Phi) is 4.14. The van der Waals surface area contributed by atoms with Crippen LogP contribution in [0.2, 0.25) is 0 Å². The smallest absolute Gasteiger partial charge is 0.244 e. The van der Waals surface area contributed by atoms with Crippen molar-refractivity contribution in [3.8, 4) is 5.75 Å². The molecule has 1 saturated heterocycles. The Hall–Kier alpha value is -2.37. The number of nitrogens with zero attached hydrogens (tertiary/aromatic N) is 4. The summed E-state index contributed by atoms with van der Waals surface area (Å²) in [6.45, 7) is 2.70. The number of nitrogens with one attached hydrogen (secondary N) is 1. The van der Waals surface area contributed by atoms with E-state index in [1.807, 2.05) is 24.3 Å². The Morgan fingerprint density at radius 2 is 2.05 bits per heavy atom. The van der Waals surface area contributed by atoms with Crippen LogP contribution in [-0.4, -0.2) is 35.4 Å². The van der Waals surface area contributed by atoms with Gasteiger partial charge >= 0.3 is 0 Å². The minimum absolute atomic E-state index is 0.547. The highest BCUT2D eigenvalue weighted by Crippen LogP contribution is 2.19. The summed E-state index contributed by atoms with van der Waals surface area (Å²) in [4.78, 5) is 6.76. The average molecular weight is 285 g/mol. The molecule has 6 nitrogen and oxygen atoms in total. The van der Waals surface area contributed by atoms with E-state index in [-0.39, 0.29) is 0 Å². The molecule has 21 heavy (non-hydrogen) atoms. The maximum absolute atomic E-state index is 5.33. The number of hydrogen-bond donors (Lipinski definition) is 1. The lowest BCUT2D eigenvalue weighted by Gasteiger charge is -2.16. The molecule has 0 unspecified atom stereocenters. The van der Waals surface area contributed by atoms with Crippen LogP contribution in [0.4, 0.5) is 11.8 Å². The van der Waals surface area contributed by atoms with Crippen molar-refractivity contribution >= 4 is 11.8 Å². The Bertz CT molecular complexity index is 598. The van der Waals surface area contributed by atoms with Crippen LogP contribution in [-0.2, 0) is 6.54 Å². The van der Waals surface area contributed by atoms with Crippen molar-refractivity contribution < 1.29 is 4.74 Å². The highest BCUT2D eigenvalue weighted by Gasteiger charge is 2.14. The third kappa shape index (κ3) is 3.21. The molecule has 0 saturated carbocycles. The first-order chi connectivity index (χ1) is 10.4. The molecule has 3 rings (SSSR count). The van der Waals surface area contributed by atoms with Crippen LogP contribution >= 0.6 is 0 Å². The summed E-state index contributed by atoms with van der Waals surface area (Å²) in [5.74, 6) is 2.30. The van der Waals surface area contributed by atoms with Crippen molar-refractivity contribution in [2.45, 2.75) is 19.4 Å². The van der Waals surface area contributed by atoms with Gasteiger partial charge in [0.05, 0.1) is 13.3 Å². The van der Waals surface area contributed by atoms with Crippen LogP contribution in [0.1, 0.15) is 18.4 Å². The van der Waals surface area contributed by atoms with Crippen LogP contribution in [0.5, 0.6) is 5.75 Å². The molecule has 1 aliphatic heterocycles. The van der Waals surface area contributed by atoms with Crippen LogP contribution < -0.4 is 15.0 Å². The predicted octanol–water partition coefficient (Wildman–Crippen LogP) is 2.09. The van der Waals surface area contributed by atoms with Crippen molar-refractivity contribution in [2.75, 3.05) is 30.4 Å². The molecule has 2 aromatic rings. The van der Waals surface area contributed by atoms with Crippen molar-refractivity contribution in [2.24, 2.45) is 0 Å². The summed E-state index contributed by atoms with van der Waals surface area (Å²) in [6.07, 6.45) is 4.15. The van der Waals surface area contributed by atoms with E-state index in [2.05, 4.69) is 25.4 Å². The largest absolute Gasteiger partial charge is 0.496 e. The Morgan fingerprint density at radius 3 is 2.86 bits per heavy atom. The summed E-state index contributed by atoms with van der Waals surface area (Å²) in [7, 11) is 1.67. The van der Waals surface area contributed by atoms with E-state index in [0.29, 0.717) is 12.5 Å². The number of rotatable bonds is 5. The van der Waals surface area contributed by atoms with E-state index in [1.165, 1.54) is 12.8 Å². The van der Waals surface area contributed by atoms with Gasteiger partial charge in [-0.2, -0.15) is 10.1 Å². The van der Waals surface area contributed by atoms with Crippen molar-refractivity contribution in [1.82, 2.24) is 15.2 Å². The van der Waals surface area contributed by atoms with E-state index in [0.717, 1.165) is 30.2 Å². The molecule has 0 radical (unpaired) electrons. The van der Waals surface area contributed by atoms with Crippen molar-refractivity contribution in [3.63, 3.8) is 0 Å². The summed E-state index contributed by atoms with van der Waals surface area (Å²) in [6, 6.07) is 7.90. The van der Waals surface area contributed by atoms with Gasteiger partial charge in [-0.05, 0) is 18.9 Å². The Morgan fingerprint density at radius 1 is 1.24 bits per heavy atom. The first-order valence-corrected chi connectivity index (χ1v) is 7.17. The number of ether oxygens (including phenoxy) is 1. The molecule has 1 aromatic heterocycles. The van der Waals surface area contributed by atoms with Gasteiger partial charge in [-0.15, -0.1) is 5.10 Å². The minimum atomic E-state index is 0.547. The molecule has 1 aromatic carbocycles. The minimum Gasteiger partial charge on any atom is -0.496 e. The molecule has 2 heterocycles. The normalized spacial score (nSPS) is 14.2. The van der Waals surface area contributed by atoms with Gasteiger partial charge in [0.15, 0.2) is 5.82 Å². The monoisotopic (exact) mass is 285 g/mol. The van der Waals surface area contributed by atoms with Crippen LogP contribution in [0, 0.1) is 0 Å². The molecule has 1 fully saturated rings. The second-order valence-electron chi connectivity index (χ2n) is 5.00. The second kappa shape index (κ2) is 6.39. The third-order valence-electron chi connectivity index (χ3n) is 3.61. The molecular formula is C15H19N5O. The molecule has 0 aliphatic carbocycles. The van der Waals surface area contributed by atoms with Crippen molar-refractivity contribution in [1.29, 1.82) is 0 Å². The maximum Gasteiger partial charge on any atom is 0.244 e. The molecule has 0 amide bonds. The number of hydrogen-bond acceptors (Lipinski definition) is 6. The fourth-order valence-corrected chi connectivity index (χ4v) is 2.49. The molecular weight excluding hydrogens is 266 g/mol. The van der Waals surface area contributed by atoms with Gasteiger partial charge in [-0.25, -0.2) is 0 Å². The number of para-hydroxylation sites is 1. The zero-order chi connectivity index (χ0) is 14.5. The molecule has 6 heteroatoms. The summed E-state index contributed by atoms with van der Waals surface area (Å²) in [5, 5.41) is 11.3. The highest BCUT2D eigenvalue weighted by atomic mass is 16.5. The summed E-state index contributed by atoms with van der Waals surface area (Å²) >= 11 is 0. The van der Waals surface area contributed by atoms with Gasteiger partial charge in [0.2, 0.25) is 5.95 Å². The third-order valence-corrected chi connectivity index (χ3v) is 3.61. The lowest BCUT2D eigenvalue weighted by molar-refractivity contribution is 0.410. The van der Waals surface area contributed by atoms with Crippen LogP contribution in [0.25, 0.3) is 0 Å². The molecule has 0 bridgehead atoms. The summed E-state index contributed by atoms with van der Waals surface area (Å²) < 4.78 is 5.33. The van der Waals surface area contributed by atoms with E-state index in [9.17, 15) is 0 Å². The Balaban J connectivity index is 1.69. The van der Waals surface area contributed by atoms with Crippen molar-refractivity contribution in [3.05, 3.63) is 36.0 Å². The standard InChI is InChI=1S/C15H19N5O/c1-21-13-7-3-2-6-12(13)10-16-15-18-14(11-17-19-15)20-8-4-5-9-20/h2-3,6-7,11H,4-5,8-10H2,1H3,(H,16,18,19). The fraction of sp³-hybridized carbons (Fsp3) is 0.400. The van der Waals surface area contributed by atoms with Gasteiger partial charge in [0.1, 0.15) is 5.75 Å². The van der Waals surface area contributed by atoms with Crippen LogP contribution in [0.3, 0.4) is 0 Å². The van der Waals surface area contributed by atoms with E-state index in [4.69, 9.17) is 4.74 Å². The topological polar surface area (TPSA) is 63.2 Å².